The van der Waals surface area contributed by atoms with E-state index in [1.165, 1.54) is 0 Å². The predicted molar refractivity (Wildman–Crippen MR) is 84.3 cm³/mol. The first kappa shape index (κ1) is 14.5. The molecular weight excluding hydrogens is 296 g/mol. The van der Waals surface area contributed by atoms with Gasteiger partial charge in [-0.3, -0.25) is 4.79 Å². The van der Waals surface area contributed by atoms with Crippen molar-refractivity contribution in [2.75, 3.05) is 11.5 Å². The standard InChI is InChI=1S/C15H13ClOS2/c16-12-6-8-15(9-7-12)19-11-13(17)10-18-14-4-2-1-3-5-14/h1-9H,10-11H2. The van der Waals surface area contributed by atoms with E-state index < -0.39 is 0 Å². The second-order valence-corrected chi connectivity index (χ2v) is 6.42. The van der Waals surface area contributed by atoms with Crippen LogP contribution in [0.5, 0.6) is 0 Å². The fourth-order valence-corrected chi connectivity index (χ4v) is 3.21. The molecule has 0 N–H and O–H groups in total. The summed E-state index contributed by atoms with van der Waals surface area (Å²) in [5.41, 5.74) is 0. The summed E-state index contributed by atoms with van der Waals surface area (Å²) in [6, 6.07) is 17.5. The zero-order valence-corrected chi connectivity index (χ0v) is 12.6. The van der Waals surface area contributed by atoms with Gasteiger partial charge in [-0.2, -0.15) is 0 Å². The molecule has 1 nitrogen and oxygen atoms in total. The zero-order chi connectivity index (χ0) is 13.5. The molecule has 0 saturated heterocycles. The molecule has 0 bridgehead atoms. The SMILES string of the molecule is O=C(CSc1ccccc1)CSc1ccc(Cl)cc1. The lowest BCUT2D eigenvalue weighted by Gasteiger charge is -2.02. The Morgan fingerprint density at radius 3 is 1.95 bits per heavy atom. The van der Waals surface area contributed by atoms with E-state index in [0.29, 0.717) is 11.5 Å². The highest BCUT2D eigenvalue weighted by atomic mass is 35.5. The van der Waals surface area contributed by atoms with Gasteiger partial charge in [0.25, 0.3) is 0 Å². The van der Waals surface area contributed by atoms with Crippen LogP contribution in [0.4, 0.5) is 0 Å². The monoisotopic (exact) mass is 308 g/mol. The summed E-state index contributed by atoms with van der Waals surface area (Å²) in [5.74, 6) is 1.26. The average Bonchev–Trinajstić information content (AvgIpc) is 2.45. The van der Waals surface area contributed by atoms with Crippen LogP contribution in [-0.4, -0.2) is 17.3 Å². The molecule has 0 fully saturated rings. The highest BCUT2D eigenvalue weighted by molar-refractivity contribution is 8.01. The number of hydrogen-bond acceptors (Lipinski definition) is 3. The van der Waals surface area contributed by atoms with Crippen molar-refractivity contribution in [3.05, 3.63) is 59.6 Å². The van der Waals surface area contributed by atoms with E-state index in [0.717, 1.165) is 14.8 Å². The lowest BCUT2D eigenvalue weighted by molar-refractivity contribution is -0.114. The number of rotatable bonds is 6. The van der Waals surface area contributed by atoms with Crippen molar-refractivity contribution >= 4 is 40.9 Å². The van der Waals surface area contributed by atoms with Crippen molar-refractivity contribution in [1.82, 2.24) is 0 Å². The molecule has 4 heteroatoms. The van der Waals surface area contributed by atoms with Crippen molar-refractivity contribution in [2.45, 2.75) is 9.79 Å². The van der Waals surface area contributed by atoms with Crippen molar-refractivity contribution in [3.8, 4) is 0 Å². The fourth-order valence-electron chi connectivity index (χ4n) is 1.42. The Bertz CT molecular complexity index is 526. The third-order valence-electron chi connectivity index (χ3n) is 2.36. The highest BCUT2D eigenvalue weighted by Gasteiger charge is 2.04. The number of carbonyl (C=O) groups excluding carboxylic acids is 1. The van der Waals surface area contributed by atoms with Gasteiger partial charge >= 0.3 is 0 Å². The molecule has 0 aliphatic rings. The summed E-state index contributed by atoms with van der Waals surface area (Å²) in [7, 11) is 0. The summed E-state index contributed by atoms with van der Waals surface area (Å²) in [6.07, 6.45) is 0. The average molecular weight is 309 g/mol. The Morgan fingerprint density at radius 1 is 0.842 bits per heavy atom. The highest BCUT2D eigenvalue weighted by Crippen LogP contribution is 2.22. The van der Waals surface area contributed by atoms with Gasteiger partial charge in [-0.25, -0.2) is 0 Å². The van der Waals surface area contributed by atoms with E-state index in [1.54, 1.807) is 23.5 Å². The third kappa shape index (κ3) is 5.31. The van der Waals surface area contributed by atoms with Gasteiger partial charge in [-0.1, -0.05) is 29.8 Å². The van der Waals surface area contributed by atoms with Crippen LogP contribution in [0.1, 0.15) is 0 Å². The molecule has 2 rings (SSSR count). The molecule has 0 heterocycles. The number of benzene rings is 2. The number of halogens is 1. The van der Waals surface area contributed by atoms with E-state index >= 15 is 0 Å². The largest absolute Gasteiger partial charge is 0.298 e. The van der Waals surface area contributed by atoms with E-state index in [-0.39, 0.29) is 5.78 Å². The molecule has 2 aromatic rings. The van der Waals surface area contributed by atoms with E-state index in [1.807, 2.05) is 54.6 Å². The van der Waals surface area contributed by atoms with Gasteiger partial charge in [0.2, 0.25) is 0 Å². The molecule has 0 radical (unpaired) electrons. The van der Waals surface area contributed by atoms with E-state index in [4.69, 9.17) is 11.6 Å². The smallest absolute Gasteiger partial charge is 0.153 e. The minimum Gasteiger partial charge on any atom is -0.298 e. The van der Waals surface area contributed by atoms with Gasteiger partial charge in [0.05, 0.1) is 11.5 Å². The van der Waals surface area contributed by atoms with Crippen LogP contribution >= 0.6 is 35.1 Å². The second kappa shape index (κ2) is 7.63. The topological polar surface area (TPSA) is 17.1 Å². The first-order valence-corrected chi connectivity index (χ1v) is 8.17. The zero-order valence-electron chi connectivity index (χ0n) is 10.2. The third-order valence-corrected chi connectivity index (χ3v) is 4.75. The van der Waals surface area contributed by atoms with Crippen LogP contribution in [0.3, 0.4) is 0 Å². The van der Waals surface area contributed by atoms with E-state index in [9.17, 15) is 4.79 Å². The van der Waals surface area contributed by atoms with Gasteiger partial charge in [0, 0.05) is 14.8 Å². The molecule has 19 heavy (non-hydrogen) atoms. The first-order chi connectivity index (χ1) is 9.24. The number of hydrogen-bond donors (Lipinski definition) is 0. The molecule has 0 amide bonds. The second-order valence-electron chi connectivity index (χ2n) is 3.88. The van der Waals surface area contributed by atoms with Crippen molar-refractivity contribution < 1.29 is 4.79 Å². The van der Waals surface area contributed by atoms with Gasteiger partial charge in [0.1, 0.15) is 0 Å². The maximum Gasteiger partial charge on any atom is 0.153 e. The molecule has 0 saturated carbocycles. The maximum absolute atomic E-state index is 11.8. The summed E-state index contributed by atoms with van der Waals surface area (Å²) >= 11 is 8.95. The van der Waals surface area contributed by atoms with Crippen LogP contribution in [0, 0.1) is 0 Å². The van der Waals surface area contributed by atoms with Gasteiger partial charge in [-0.05, 0) is 36.4 Å². The molecule has 0 atom stereocenters. The molecule has 98 valence electrons. The Morgan fingerprint density at radius 2 is 1.37 bits per heavy atom. The van der Waals surface area contributed by atoms with Crippen LogP contribution in [0.2, 0.25) is 5.02 Å². The maximum atomic E-state index is 11.8. The summed E-state index contributed by atoms with van der Waals surface area (Å²) in [4.78, 5) is 14.0. The summed E-state index contributed by atoms with van der Waals surface area (Å²) < 4.78 is 0. The Balaban J connectivity index is 1.74. The molecule has 0 aliphatic carbocycles. The van der Waals surface area contributed by atoms with Crippen LogP contribution in [-0.2, 0) is 4.79 Å². The van der Waals surface area contributed by atoms with Gasteiger partial charge < -0.3 is 0 Å². The minimum absolute atomic E-state index is 0.244. The molecule has 0 unspecified atom stereocenters. The normalized spacial score (nSPS) is 10.4. The lowest BCUT2D eigenvalue weighted by Crippen LogP contribution is -2.04. The molecule has 2 aromatic carbocycles. The molecule has 0 aromatic heterocycles. The summed E-state index contributed by atoms with van der Waals surface area (Å²) in [5, 5.41) is 0.718. The predicted octanol–water partition coefficient (Wildman–Crippen LogP) is 4.79. The number of carbonyl (C=O) groups is 1. The van der Waals surface area contributed by atoms with Crippen LogP contribution in [0.15, 0.2) is 64.4 Å². The number of thioether (sulfide) groups is 2. The van der Waals surface area contributed by atoms with Gasteiger partial charge in [-0.15, -0.1) is 23.5 Å². The Labute approximate surface area is 126 Å². The quantitative estimate of drug-likeness (QED) is 0.714. The Kier molecular flexibility index (Phi) is 5.83. The van der Waals surface area contributed by atoms with E-state index in [2.05, 4.69) is 0 Å². The lowest BCUT2D eigenvalue weighted by atomic mass is 10.4. The Hall–Kier alpha value is -0.900. The number of ketones is 1. The van der Waals surface area contributed by atoms with Gasteiger partial charge in [0.15, 0.2) is 5.78 Å². The molecular formula is C15H13ClOS2. The number of Topliss-reactive ketones (excluding diaryl/α,β-unsaturated/α-hetero) is 1. The minimum atomic E-state index is 0.244. The van der Waals surface area contributed by atoms with Crippen molar-refractivity contribution in [3.63, 3.8) is 0 Å². The van der Waals surface area contributed by atoms with Crippen molar-refractivity contribution in [1.29, 1.82) is 0 Å². The molecule has 0 spiro atoms. The fraction of sp³-hybridized carbons (Fsp3) is 0.133. The van der Waals surface area contributed by atoms with Crippen LogP contribution in [0.25, 0.3) is 0 Å². The molecule has 0 aliphatic heterocycles. The first-order valence-electron chi connectivity index (χ1n) is 5.82. The van der Waals surface area contributed by atoms with Crippen LogP contribution < -0.4 is 0 Å². The summed E-state index contributed by atoms with van der Waals surface area (Å²) in [6.45, 7) is 0. The van der Waals surface area contributed by atoms with Crippen molar-refractivity contribution in [2.24, 2.45) is 0 Å².